The lowest BCUT2D eigenvalue weighted by atomic mass is 10.1. The lowest BCUT2D eigenvalue weighted by Crippen LogP contribution is -2.47. The van der Waals surface area contributed by atoms with Gasteiger partial charge in [0.2, 0.25) is 5.91 Å². The zero-order chi connectivity index (χ0) is 15.8. The van der Waals surface area contributed by atoms with Gasteiger partial charge in [0.05, 0.1) is 0 Å². The fourth-order valence-electron chi connectivity index (χ4n) is 2.59. The first kappa shape index (κ1) is 16.7. The molecular weight excluding hydrogens is 276 g/mol. The molecule has 1 aromatic heterocycles. The van der Waals surface area contributed by atoms with Crippen molar-refractivity contribution in [2.45, 2.75) is 26.7 Å². The minimum absolute atomic E-state index is 0.174. The zero-order valence-corrected chi connectivity index (χ0v) is 13.8. The van der Waals surface area contributed by atoms with Gasteiger partial charge in [0.25, 0.3) is 0 Å². The third-order valence-electron chi connectivity index (χ3n) is 4.04. The smallest absolute Gasteiger partial charge is 0.221 e. The van der Waals surface area contributed by atoms with E-state index in [1.807, 2.05) is 18.3 Å². The number of amides is 1. The van der Waals surface area contributed by atoms with E-state index >= 15 is 0 Å². The number of carbonyl (C=O) groups is 1. The van der Waals surface area contributed by atoms with E-state index in [4.69, 9.17) is 0 Å². The maximum Gasteiger partial charge on any atom is 0.221 e. The van der Waals surface area contributed by atoms with Gasteiger partial charge >= 0.3 is 0 Å². The summed E-state index contributed by atoms with van der Waals surface area (Å²) in [5.41, 5.74) is 0. The number of anilines is 1. The maximum atomic E-state index is 11.8. The van der Waals surface area contributed by atoms with Gasteiger partial charge in [0.15, 0.2) is 0 Å². The largest absolute Gasteiger partial charge is 0.356 e. The Morgan fingerprint density at radius 2 is 2.05 bits per heavy atom. The molecule has 1 N–H and O–H groups in total. The Balaban J connectivity index is 1.62. The first-order chi connectivity index (χ1) is 10.6. The van der Waals surface area contributed by atoms with Crippen molar-refractivity contribution in [2.75, 3.05) is 44.2 Å². The van der Waals surface area contributed by atoms with Crippen molar-refractivity contribution in [3.63, 3.8) is 0 Å². The summed E-state index contributed by atoms with van der Waals surface area (Å²) in [4.78, 5) is 20.9. The van der Waals surface area contributed by atoms with E-state index in [2.05, 4.69) is 40.0 Å². The molecule has 1 fully saturated rings. The van der Waals surface area contributed by atoms with Gasteiger partial charge in [-0.3, -0.25) is 9.69 Å². The Hall–Kier alpha value is -1.62. The normalized spacial score (nSPS) is 16.0. The Morgan fingerprint density at radius 1 is 1.27 bits per heavy atom. The van der Waals surface area contributed by atoms with E-state index in [1.165, 1.54) is 0 Å². The van der Waals surface area contributed by atoms with Crippen LogP contribution in [0.25, 0.3) is 0 Å². The summed E-state index contributed by atoms with van der Waals surface area (Å²) in [6.45, 7) is 9.94. The van der Waals surface area contributed by atoms with E-state index in [0.29, 0.717) is 12.3 Å². The molecule has 5 nitrogen and oxygen atoms in total. The first-order valence-corrected chi connectivity index (χ1v) is 8.30. The van der Waals surface area contributed by atoms with Gasteiger partial charge in [0, 0.05) is 51.9 Å². The monoisotopic (exact) mass is 304 g/mol. The second-order valence-electron chi connectivity index (χ2n) is 6.30. The van der Waals surface area contributed by atoms with Crippen molar-refractivity contribution in [2.24, 2.45) is 5.92 Å². The van der Waals surface area contributed by atoms with E-state index in [0.717, 1.165) is 51.5 Å². The minimum Gasteiger partial charge on any atom is -0.356 e. The Kier molecular flexibility index (Phi) is 6.65. The number of hydrogen-bond donors (Lipinski definition) is 1. The fraction of sp³-hybridized carbons (Fsp3) is 0.647. The van der Waals surface area contributed by atoms with Gasteiger partial charge in [-0.25, -0.2) is 4.98 Å². The lowest BCUT2D eigenvalue weighted by molar-refractivity contribution is -0.121. The number of nitrogens with one attached hydrogen (secondary N) is 1. The summed E-state index contributed by atoms with van der Waals surface area (Å²) >= 11 is 0. The van der Waals surface area contributed by atoms with Crippen LogP contribution in [-0.2, 0) is 4.79 Å². The summed E-state index contributed by atoms with van der Waals surface area (Å²) in [5, 5.41) is 3.00. The molecule has 0 bridgehead atoms. The molecule has 1 saturated heterocycles. The second-order valence-corrected chi connectivity index (χ2v) is 6.30. The predicted octanol–water partition coefficient (Wildman–Crippen LogP) is 1.76. The molecule has 2 heterocycles. The highest BCUT2D eigenvalue weighted by Gasteiger charge is 2.18. The molecule has 1 amide bonds. The number of pyridine rings is 1. The SMILES string of the molecule is CC(C)CCNC(=O)CCN1CCN(c2ccccn2)CC1. The van der Waals surface area contributed by atoms with Gasteiger partial charge in [-0.15, -0.1) is 0 Å². The van der Waals surface area contributed by atoms with Crippen LogP contribution in [0.15, 0.2) is 24.4 Å². The summed E-state index contributed by atoms with van der Waals surface area (Å²) in [6, 6.07) is 6.02. The molecule has 0 radical (unpaired) electrons. The summed E-state index contributed by atoms with van der Waals surface area (Å²) in [6.07, 6.45) is 3.49. The van der Waals surface area contributed by atoms with Crippen LogP contribution in [0.3, 0.4) is 0 Å². The van der Waals surface area contributed by atoms with E-state index in [9.17, 15) is 4.79 Å². The van der Waals surface area contributed by atoms with Crippen LogP contribution >= 0.6 is 0 Å². The van der Waals surface area contributed by atoms with Crippen LogP contribution in [-0.4, -0.2) is 55.1 Å². The molecule has 0 aromatic carbocycles. The summed E-state index contributed by atoms with van der Waals surface area (Å²) in [7, 11) is 0. The Morgan fingerprint density at radius 3 is 2.68 bits per heavy atom. The first-order valence-electron chi connectivity index (χ1n) is 8.30. The maximum absolute atomic E-state index is 11.8. The van der Waals surface area contributed by atoms with E-state index in [-0.39, 0.29) is 5.91 Å². The van der Waals surface area contributed by atoms with Crippen molar-refractivity contribution >= 4 is 11.7 Å². The molecule has 5 heteroatoms. The highest BCUT2D eigenvalue weighted by molar-refractivity contribution is 5.76. The molecule has 1 aliphatic rings. The molecule has 122 valence electrons. The number of hydrogen-bond acceptors (Lipinski definition) is 4. The topological polar surface area (TPSA) is 48.5 Å². The average molecular weight is 304 g/mol. The summed E-state index contributed by atoms with van der Waals surface area (Å²) < 4.78 is 0. The van der Waals surface area contributed by atoms with Gasteiger partial charge in [-0.1, -0.05) is 19.9 Å². The number of nitrogens with zero attached hydrogens (tertiary/aromatic N) is 3. The average Bonchev–Trinajstić information content (AvgIpc) is 2.54. The molecule has 2 rings (SSSR count). The predicted molar refractivity (Wildman–Crippen MR) is 90.0 cm³/mol. The van der Waals surface area contributed by atoms with Crippen molar-refractivity contribution in [3.05, 3.63) is 24.4 Å². The highest BCUT2D eigenvalue weighted by atomic mass is 16.1. The van der Waals surface area contributed by atoms with Crippen LogP contribution in [0.4, 0.5) is 5.82 Å². The third kappa shape index (κ3) is 5.64. The number of rotatable bonds is 7. The molecule has 22 heavy (non-hydrogen) atoms. The zero-order valence-electron chi connectivity index (χ0n) is 13.8. The third-order valence-corrected chi connectivity index (χ3v) is 4.04. The van der Waals surface area contributed by atoms with Crippen molar-refractivity contribution in [1.82, 2.24) is 15.2 Å². The standard InChI is InChI=1S/C17H28N4O/c1-15(2)6-9-19-17(22)7-10-20-11-13-21(14-12-20)16-5-3-4-8-18-16/h3-5,8,15H,6-7,9-14H2,1-2H3,(H,19,22). The van der Waals surface area contributed by atoms with Gasteiger partial charge in [-0.2, -0.15) is 0 Å². The minimum atomic E-state index is 0.174. The van der Waals surface area contributed by atoms with E-state index in [1.54, 1.807) is 0 Å². The Labute approximate surface area is 133 Å². The molecule has 1 aliphatic heterocycles. The number of piperazine rings is 1. The second kappa shape index (κ2) is 8.73. The van der Waals surface area contributed by atoms with Crippen LogP contribution in [0, 0.1) is 5.92 Å². The van der Waals surface area contributed by atoms with Crippen molar-refractivity contribution in [3.8, 4) is 0 Å². The lowest BCUT2D eigenvalue weighted by Gasteiger charge is -2.35. The highest BCUT2D eigenvalue weighted by Crippen LogP contribution is 2.12. The molecule has 0 atom stereocenters. The van der Waals surface area contributed by atoms with Gasteiger partial charge in [-0.05, 0) is 24.5 Å². The van der Waals surface area contributed by atoms with Gasteiger partial charge in [0.1, 0.15) is 5.82 Å². The molecule has 1 aromatic rings. The molecule has 0 unspecified atom stereocenters. The quantitative estimate of drug-likeness (QED) is 0.834. The van der Waals surface area contributed by atoms with Crippen LogP contribution in [0.1, 0.15) is 26.7 Å². The fourth-order valence-corrected chi connectivity index (χ4v) is 2.59. The Bertz CT molecular complexity index is 441. The molecule has 0 aliphatic carbocycles. The van der Waals surface area contributed by atoms with Crippen LogP contribution in [0.2, 0.25) is 0 Å². The number of carbonyl (C=O) groups excluding carboxylic acids is 1. The number of aromatic nitrogens is 1. The summed E-state index contributed by atoms with van der Waals surface area (Å²) in [5.74, 6) is 1.86. The molecule has 0 saturated carbocycles. The van der Waals surface area contributed by atoms with Crippen molar-refractivity contribution < 1.29 is 4.79 Å². The van der Waals surface area contributed by atoms with Gasteiger partial charge < -0.3 is 10.2 Å². The molecular formula is C17H28N4O. The van der Waals surface area contributed by atoms with Crippen LogP contribution < -0.4 is 10.2 Å². The molecule has 0 spiro atoms. The van der Waals surface area contributed by atoms with Crippen molar-refractivity contribution in [1.29, 1.82) is 0 Å². The van der Waals surface area contributed by atoms with E-state index < -0.39 is 0 Å². The van der Waals surface area contributed by atoms with Crippen LogP contribution in [0.5, 0.6) is 0 Å².